The summed E-state index contributed by atoms with van der Waals surface area (Å²) in [5, 5.41) is 6.65. The third kappa shape index (κ3) is 3.26. The number of hydrogen-bond acceptors (Lipinski definition) is 5. The van der Waals surface area contributed by atoms with Gasteiger partial charge in [0.15, 0.2) is 4.96 Å². The summed E-state index contributed by atoms with van der Waals surface area (Å²) in [6, 6.07) is 0.478. The Bertz CT molecular complexity index is 492. The molecule has 0 aliphatic heterocycles. The van der Waals surface area contributed by atoms with E-state index in [1.165, 1.54) is 5.69 Å². The van der Waals surface area contributed by atoms with E-state index in [9.17, 15) is 0 Å². The molecule has 0 saturated carbocycles. The molecule has 18 heavy (non-hydrogen) atoms. The lowest BCUT2D eigenvalue weighted by Gasteiger charge is -2.08. The number of imidazole rings is 1. The predicted molar refractivity (Wildman–Crippen MR) is 77.6 cm³/mol. The van der Waals surface area contributed by atoms with Gasteiger partial charge < -0.3 is 10.1 Å². The van der Waals surface area contributed by atoms with Crippen molar-refractivity contribution < 1.29 is 4.74 Å². The molecule has 2 aromatic rings. The molecule has 100 valence electrons. The average molecular weight is 285 g/mol. The number of ether oxygens (including phenoxy) is 1. The third-order valence-electron chi connectivity index (χ3n) is 2.53. The molecule has 2 rings (SSSR count). The molecule has 0 radical (unpaired) electrons. The number of thioether (sulfide) groups is 1. The zero-order valence-electron chi connectivity index (χ0n) is 11.0. The molecule has 4 nitrogen and oxygen atoms in total. The van der Waals surface area contributed by atoms with Gasteiger partial charge in [-0.15, -0.1) is 23.1 Å². The van der Waals surface area contributed by atoms with E-state index in [0.717, 1.165) is 28.9 Å². The highest BCUT2D eigenvalue weighted by Crippen LogP contribution is 2.25. The minimum Gasteiger partial charge on any atom is -0.384 e. The maximum atomic E-state index is 5.09. The number of nitrogens with zero attached hydrogens (tertiary/aromatic N) is 2. The Morgan fingerprint density at radius 3 is 3.11 bits per heavy atom. The average Bonchev–Trinajstić information content (AvgIpc) is 2.87. The van der Waals surface area contributed by atoms with Crippen LogP contribution in [-0.4, -0.2) is 34.9 Å². The minimum absolute atomic E-state index is 0.478. The lowest BCUT2D eigenvalue weighted by atomic mass is 10.3. The standard InChI is InChI=1S/C12H19N3OS2/c1-9(2)13-8-10-11(17-7-5-16-3)14-12-15(10)4-6-18-12/h4,6,9,13H,5,7-8H2,1-3H3. The molecule has 0 bridgehead atoms. The quantitative estimate of drug-likeness (QED) is 0.627. The second kappa shape index (κ2) is 6.56. The van der Waals surface area contributed by atoms with Crippen molar-refractivity contribution in [3.63, 3.8) is 0 Å². The fourth-order valence-corrected chi connectivity index (χ4v) is 3.33. The van der Waals surface area contributed by atoms with Gasteiger partial charge in [0.25, 0.3) is 0 Å². The van der Waals surface area contributed by atoms with Gasteiger partial charge in [0.2, 0.25) is 0 Å². The van der Waals surface area contributed by atoms with Crippen molar-refractivity contribution in [2.75, 3.05) is 19.5 Å². The smallest absolute Gasteiger partial charge is 0.194 e. The molecule has 0 unspecified atom stereocenters. The Kier molecular flexibility index (Phi) is 5.05. The molecule has 0 spiro atoms. The second-order valence-electron chi connectivity index (χ2n) is 4.30. The van der Waals surface area contributed by atoms with Crippen LogP contribution < -0.4 is 5.32 Å². The van der Waals surface area contributed by atoms with Gasteiger partial charge in [0, 0.05) is 37.0 Å². The fraction of sp³-hybridized carbons (Fsp3) is 0.583. The van der Waals surface area contributed by atoms with E-state index in [0.29, 0.717) is 6.04 Å². The van der Waals surface area contributed by atoms with Crippen molar-refractivity contribution in [1.82, 2.24) is 14.7 Å². The van der Waals surface area contributed by atoms with Crippen molar-refractivity contribution in [1.29, 1.82) is 0 Å². The van der Waals surface area contributed by atoms with E-state index in [4.69, 9.17) is 4.74 Å². The third-order valence-corrected chi connectivity index (χ3v) is 4.26. The molecule has 2 aromatic heterocycles. The lowest BCUT2D eigenvalue weighted by Crippen LogP contribution is -2.22. The van der Waals surface area contributed by atoms with Gasteiger partial charge in [-0.3, -0.25) is 4.40 Å². The molecule has 0 aliphatic rings. The van der Waals surface area contributed by atoms with Gasteiger partial charge >= 0.3 is 0 Å². The highest BCUT2D eigenvalue weighted by atomic mass is 32.2. The number of nitrogens with one attached hydrogen (secondary N) is 1. The van der Waals surface area contributed by atoms with Crippen molar-refractivity contribution in [2.24, 2.45) is 0 Å². The fourth-order valence-electron chi connectivity index (χ4n) is 1.61. The highest BCUT2D eigenvalue weighted by molar-refractivity contribution is 7.99. The number of hydrogen-bond donors (Lipinski definition) is 1. The molecule has 1 N–H and O–H groups in total. The molecule has 0 saturated heterocycles. The Morgan fingerprint density at radius 1 is 1.56 bits per heavy atom. The number of methoxy groups -OCH3 is 1. The maximum absolute atomic E-state index is 5.09. The number of rotatable bonds is 7. The minimum atomic E-state index is 0.478. The predicted octanol–water partition coefficient (Wildman–Crippen LogP) is 2.63. The summed E-state index contributed by atoms with van der Waals surface area (Å²) in [7, 11) is 1.73. The first-order chi connectivity index (χ1) is 8.72. The maximum Gasteiger partial charge on any atom is 0.194 e. The van der Waals surface area contributed by atoms with Crippen LogP contribution in [0.5, 0.6) is 0 Å². The van der Waals surface area contributed by atoms with Crippen LogP contribution in [-0.2, 0) is 11.3 Å². The van der Waals surface area contributed by atoms with Crippen molar-refractivity contribution in [2.45, 2.75) is 31.5 Å². The molecular formula is C12H19N3OS2. The van der Waals surface area contributed by atoms with E-state index in [2.05, 4.69) is 40.1 Å². The molecule has 0 atom stereocenters. The van der Waals surface area contributed by atoms with Gasteiger partial charge in [-0.2, -0.15) is 0 Å². The molecule has 0 amide bonds. The summed E-state index contributed by atoms with van der Waals surface area (Å²) in [5.74, 6) is 0.940. The Balaban J connectivity index is 2.15. The van der Waals surface area contributed by atoms with Crippen LogP contribution in [0.4, 0.5) is 0 Å². The largest absolute Gasteiger partial charge is 0.384 e. The first-order valence-corrected chi connectivity index (χ1v) is 7.88. The Morgan fingerprint density at radius 2 is 2.39 bits per heavy atom. The summed E-state index contributed by atoms with van der Waals surface area (Å²) < 4.78 is 7.26. The van der Waals surface area contributed by atoms with Crippen molar-refractivity contribution in [3.05, 3.63) is 17.3 Å². The van der Waals surface area contributed by atoms with Crippen LogP contribution in [0.3, 0.4) is 0 Å². The van der Waals surface area contributed by atoms with Gasteiger partial charge in [-0.25, -0.2) is 4.98 Å². The first-order valence-electron chi connectivity index (χ1n) is 6.02. The summed E-state index contributed by atoms with van der Waals surface area (Å²) >= 11 is 3.44. The van der Waals surface area contributed by atoms with Gasteiger partial charge in [-0.05, 0) is 0 Å². The molecule has 0 aliphatic carbocycles. The Hall–Kier alpha value is -0.560. The van der Waals surface area contributed by atoms with E-state index < -0.39 is 0 Å². The summed E-state index contributed by atoms with van der Waals surface area (Å²) in [6.45, 7) is 5.92. The summed E-state index contributed by atoms with van der Waals surface area (Å²) in [5.41, 5.74) is 1.25. The van der Waals surface area contributed by atoms with Gasteiger partial charge in [-0.1, -0.05) is 13.8 Å². The number of aromatic nitrogens is 2. The summed E-state index contributed by atoms with van der Waals surface area (Å²) in [4.78, 5) is 5.74. The monoisotopic (exact) mass is 285 g/mol. The first kappa shape index (κ1) is 13.9. The van der Waals surface area contributed by atoms with Gasteiger partial charge in [0.05, 0.1) is 12.3 Å². The summed E-state index contributed by atoms with van der Waals surface area (Å²) in [6.07, 6.45) is 2.09. The number of fused-ring (bicyclic) bond motifs is 1. The van der Waals surface area contributed by atoms with Crippen LogP contribution in [0.1, 0.15) is 19.5 Å². The SMILES string of the molecule is COCCSc1nc2sccn2c1CNC(C)C. The molecule has 0 aromatic carbocycles. The second-order valence-corrected chi connectivity index (χ2v) is 6.25. The van der Waals surface area contributed by atoms with Crippen molar-refractivity contribution >= 4 is 28.1 Å². The van der Waals surface area contributed by atoms with Crippen LogP contribution in [0, 0.1) is 0 Å². The van der Waals surface area contributed by atoms with Gasteiger partial charge in [0.1, 0.15) is 5.03 Å². The van der Waals surface area contributed by atoms with Crippen molar-refractivity contribution in [3.8, 4) is 0 Å². The Labute approximate surface area is 116 Å². The van der Waals surface area contributed by atoms with Crippen LogP contribution in [0.15, 0.2) is 16.6 Å². The van der Waals surface area contributed by atoms with E-state index in [-0.39, 0.29) is 0 Å². The zero-order chi connectivity index (χ0) is 13.0. The molecule has 2 heterocycles. The molecule has 6 heteroatoms. The normalized spacial score (nSPS) is 11.8. The zero-order valence-corrected chi connectivity index (χ0v) is 12.6. The van der Waals surface area contributed by atoms with Crippen LogP contribution in [0.25, 0.3) is 4.96 Å². The van der Waals surface area contributed by atoms with E-state index >= 15 is 0 Å². The van der Waals surface area contributed by atoms with E-state index in [1.807, 2.05) is 0 Å². The van der Waals surface area contributed by atoms with Crippen LogP contribution >= 0.6 is 23.1 Å². The lowest BCUT2D eigenvalue weighted by molar-refractivity contribution is 0.218. The van der Waals surface area contributed by atoms with Crippen LogP contribution in [0.2, 0.25) is 0 Å². The highest BCUT2D eigenvalue weighted by Gasteiger charge is 2.13. The number of thiazole rings is 1. The van der Waals surface area contributed by atoms with E-state index in [1.54, 1.807) is 30.2 Å². The topological polar surface area (TPSA) is 38.6 Å². The molecular weight excluding hydrogens is 266 g/mol. The molecule has 0 fully saturated rings.